The summed E-state index contributed by atoms with van der Waals surface area (Å²) in [4.78, 5) is 27.5. The quantitative estimate of drug-likeness (QED) is 0.698. The first-order chi connectivity index (χ1) is 9.86. The molecule has 0 spiro atoms. The van der Waals surface area contributed by atoms with Gasteiger partial charge in [0.2, 0.25) is 11.8 Å². The van der Waals surface area contributed by atoms with Crippen LogP contribution in [0.15, 0.2) is 18.7 Å². The van der Waals surface area contributed by atoms with Gasteiger partial charge in [0.1, 0.15) is 6.04 Å². The van der Waals surface area contributed by atoms with Crippen molar-refractivity contribution in [3.63, 3.8) is 0 Å². The van der Waals surface area contributed by atoms with E-state index in [9.17, 15) is 9.59 Å². The van der Waals surface area contributed by atoms with Gasteiger partial charge in [0.25, 0.3) is 0 Å². The minimum atomic E-state index is -0.379. The van der Waals surface area contributed by atoms with Crippen LogP contribution in [-0.2, 0) is 16.1 Å². The second kappa shape index (κ2) is 6.26. The first kappa shape index (κ1) is 15.5. The van der Waals surface area contributed by atoms with Crippen LogP contribution in [0.4, 0.5) is 0 Å². The molecule has 2 rings (SSSR count). The highest BCUT2D eigenvalue weighted by Crippen LogP contribution is 2.21. The fraction of sp³-hybridized carbons (Fsp3) is 0.643. The molecule has 2 atom stereocenters. The second-order valence-corrected chi connectivity index (χ2v) is 6.42. The van der Waals surface area contributed by atoms with Gasteiger partial charge in [-0.3, -0.25) is 14.9 Å². The first-order valence-corrected chi connectivity index (χ1v) is 7.12. The average Bonchev–Trinajstić information content (AvgIpc) is 2.90. The van der Waals surface area contributed by atoms with E-state index in [-0.39, 0.29) is 35.9 Å². The third-order valence-corrected chi connectivity index (χ3v) is 3.64. The molecule has 1 aromatic rings. The molecule has 2 heterocycles. The molecule has 116 valence electrons. The molecule has 0 bridgehead atoms. The van der Waals surface area contributed by atoms with E-state index in [0.29, 0.717) is 13.1 Å². The van der Waals surface area contributed by atoms with Crippen LogP contribution in [0.5, 0.6) is 0 Å². The number of nitrogens with one attached hydrogen (secondary N) is 3. The van der Waals surface area contributed by atoms with Crippen molar-refractivity contribution in [2.45, 2.75) is 39.4 Å². The fourth-order valence-electron chi connectivity index (χ4n) is 2.17. The van der Waals surface area contributed by atoms with Gasteiger partial charge in [0.15, 0.2) is 0 Å². The van der Waals surface area contributed by atoms with Crippen LogP contribution in [-0.4, -0.2) is 46.5 Å². The fourth-order valence-corrected chi connectivity index (χ4v) is 2.17. The largest absolute Gasteiger partial charge is 0.353 e. The Kier molecular flexibility index (Phi) is 4.62. The highest BCUT2D eigenvalue weighted by molar-refractivity contribution is 5.86. The van der Waals surface area contributed by atoms with Crippen LogP contribution in [0.2, 0.25) is 0 Å². The average molecular weight is 293 g/mol. The maximum atomic E-state index is 12.3. The smallest absolute Gasteiger partial charge is 0.239 e. The highest BCUT2D eigenvalue weighted by Gasteiger charge is 2.30. The minimum Gasteiger partial charge on any atom is -0.353 e. The van der Waals surface area contributed by atoms with Crippen molar-refractivity contribution in [1.82, 2.24) is 25.5 Å². The van der Waals surface area contributed by atoms with E-state index in [4.69, 9.17) is 0 Å². The second-order valence-electron chi connectivity index (χ2n) is 6.42. The first-order valence-electron chi connectivity index (χ1n) is 7.12. The topological polar surface area (TPSA) is 88.1 Å². The maximum absolute atomic E-state index is 12.3. The van der Waals surface area contributed by atoms with Gasteiger partial charge in [-0.2, -0.15) is 0 Å². The molecular weight excluding hydrogens is 270 g/mol. The van der Waals surface area contributed by atoms with Gasteiger partial charge in [-0.25, -0.2) is 4.98 Å². The van der Waals surface area contributed by atoms with Crippen molar-refractivity contribution < 1.29 is 9.59 Å². The van der Waals surface area contributed by atoms with E-state index in [2.05, 4.69) is 41.7 Å². The van der Waals surface area contributed by atoms with E-state index in [1.165, 1.54) is 0 Å². The SMILES string of the molecule is CC(C)(C)C(Cn1ccnc1)NC(=O)C1CNC(=O)CN1. The summed E-state index contributed by atoms with van der Waals surface area (Å²) in [5.74, 6) is -0.167. The Hall–Kier alpha value is -1.89. The van der Waals surface area contributed by atoms with Gasteiger partial charge in [0.05, 0.1) is 18.9 Å². The molecule has 3 N–H and O–H groups in total. The third kappa shape index (κ3) is 4.29. The van der Waals surface area contributed by atoms with Crippen LogP contribution < -0.4 is 16.0 Å². The zero-order chi connectivity index (χ0) is 15.5. The minimum absolute atomic E-state index is 0.0290. The van der Waals surface area contributed by atoms with Gasteiger partial charge >= 0.3 is 0 Å². The number of nitrogens with zero attached hydrogens (tertiary/aromatic N) is 2. The van der Waals surface area contributed by atoms with Crippen LogP contribution in [0.3, 0.4) is 0 Å². The molecule has 2 amide bonds. The van der Waals surface area contributed by atoms with Gasteiger partial charge in [-0.1, -0.05) is 20.8 Å². The number of rotatable bonds is 4. The highest BCUT2D eigenvalue weighted by atomic mass is 16.2. The third-order valence-electron chi connectivity index (χ3n) is 3.64. The Balaban J connectivity index is 1.98. The summed E-state index contributed by atoms with van der Waals surface area (Å²) in [6.45, 7) is 7.43. The zero-order valence-corrected chi connectivity index (χ0v) is 12.7. The molecule has 1 aliphatic rings. The zero-order valence-electron chi connectivity index (χ0n) is 12.7. The standard InChI is InChI=1S/C14H23N5O2/c1-14(2,3)11(8-19-5-4-15-9-19)18-13(21)10-6-17-12(20)7-16-10/h4-5,9-11,16H,6-8H2,1-3H3,(H,17,20)(H,18,21). The molecule has 7 nitrogen and oxygen atoms in total. The molecule has 0 aromatic carbocycles. The van der Waals surface area contributed by atoms with E-state index < -0.39 is 0 Å². The lowest BCUT2D eigenvalue weighted by Crippen LogP contribution is -2.60. The van der Waals surface area contributed by atoms with E-state index in [1.54, 1.807) is 12.5 Å². The van der Waals surface area contributed by atoms with E-state index in [1.807, 2.05) is 10.8 Å². The van der Waals surface area contributed by atoms with Crippen molar-refractivity contribution in [2.24, 2.45) is 5.41 Å². The number of hydrogen-bond donors (Lipinski definition) is 3. The number of piperazine rings is 1. The number of hydrogen-bond acceptors (Lipinski definition) is 4. The predicted octanol–water partition coefficient (Wildman–Crippen LogP) is -0.498. The summed E-state index contributed by atoms with van der Waals surface area (Å²) in [7, 11) is 0. The summed E-state index contributed by atoms with van der Waals surface area (Å²) < 4.78 is 1.95. The summed E-state index contributed by atoms with van der Waals surface area (Å²) in [5.41, 5.74) is -0.0855. The Labute approximate surface area is 124 Å². The lowest BCUT2D eigenvalue weighted by Gasteiger charge is -2.34. The van der Waals surface area contributed by atoms with Gasteiger partial charge in [-0.05, 0) is 5.41 Å². The number of amides is 2. The molecular formula is C14H23N5O2. The molecule has 1 aromatic heterocycles. The summed E-state index contributed by atoms with van der Waals surface area (Å²) >= 11 is 0. The molecule has 0 saturated carbocycles. The number of carbonyl (C=O) groups excluding carboxylic acids is 2. The molecule has 0 aliphatic carbocycles. The molecule has 7 heteroatoms. The molecule has 21 heavy (non-hydrogen) atoms. The Bertz CT molecular complexity index is 482. The summed E-state index contributed by atoms with van der Waals surface area (Å²) in [6, 6.07) is -0.408. The van der Waals surface area contributed by atoms with Crippen molar-refractivity contribution >= 4 is 11.8 Å². The van der Waals surface area contributed by atoms with Crippen molar-refractivity contribution in [3.8, 4) is 0 Å². The molecule has 0 radical (unpaired) electrons. The van der Waals surface area contributed by atoms with Crippen LogP contribution in [0.25, 0.3) is 0 Å². The van der Waals surface area contributed by atoms with Crippen LogP contribution >= 0.6 is 0 Å². The van der Waals surface area contributed by atoms with Crippen LogP contribution in [0, 0.1) is 5.41 Å². The van der Waals surface area contributed by atoms with Crippen molar-refractivity contribution in [3.05, 3.63) is 18.7 Å². The van der Waals surface area contributed by atoms with Crippen molar-refractivity contribution in [1.29, 1.82) is 0 Å². The lowest BCUT2D eigenvalue weighted by atomic mass is 9.86. The summed E-state index contributed by atoms with van der Waals surface area (Å²) in [6.07, 6.45) is 5.34. The number of carbonyl (C=O) groups is 2. The number of imidazole rings is 1. The molecule has 1 aliphatic heterocycles. The molecule has 1 saturated heterocycles. The van der Waals surface area contributed by atoms with Crippen LogP contribution in [0.1, 0.15) is 20.8 Å². The maximum Gasteiger partial charge on any atom is 0.239 e. The Morgan fingerprint density at radius 2 is 2.33 bits per heavy atom. The van der Waals surface area contributed by atoms with Crippen molar-refractivity contribution in [2.75, 3.05) is 13.1 Å². The predicted molar refractivity (Wildman–Crippen MR) is 78.4 cm³/mol. The molecule has 2 unspecified atom stereocenters. The van der Waals surface area contributed by atoms with E-state index in [0.717, 1.165) is 0 Å². The van der Waals surface area contributed by atoms with E-state index >= 15 is 0 Å². The Morgan fingerprint density at radius 3 is 2.86 bits per heavy atom. The van der Waals surface area contributed by atoms with Gasteiger partial charge < -0.3 is 15.2 Å². The lowest BCUT2D eigenvalue weighted by molar-refractivity contribution is -0.127. The molecule has 1 fully saturated rings. The Morgan fingerprint density at radius 1 is 1.57 bits per heavy atom. The number of aromatic nitrogens is 2. The monoisotopic (exact) mass is 293 g/mol. The van der Waals surface area contributed by atoms with Gasteiger partial charge in [-0.15, -0.1) is 0 Å². The normalized spacial score (nSPS) is 20.7. The summed E-state index contributed by atoms with van der Waals surface area (Å²) in [5, 5.41) is 8.71. The van der Waals surface area contributed by atoms with Gasteiger partial charge in [0, 0.05) is 25.5 Å².